The lowest BCUT2D eigenvalue weighted by atomic mass is 9.92. The molecule has 3 N–H and O–H groups in total. The minimum atomic E-state index is -0.127. The van der Waals surface area contributed by atoms with Crippen LogP contribution < -0.4 is 11.1 Å². The Bertz CT molecular complexity index is 438. The number of amides is 1. The van der Waals surface area contributed by atoms with Crippen molar-refractivity contribution < 1.29 is 4.79 Å². The molecule has 0 aliphatic heterocycles. The van der Waals surface area contributed by atoms with E-state index in [1.54, 1.807) is 0 Å². The average molecular weight is 246 g/mol. The molecule has 2 rings (SSSR count). The van der Waals surface area contributed by atoms with Gasteiger partial charge in [0.15, 0.2) is 0 Å². The van der Waals surface area contributed by atoms with Gasteiger partial charge >= 0.3 is 0 Å². The molecule has 1 unspecified atom stereocenters. The molecule has 1 atom stereocenters. The van der Waals surface area contributed by atoms with Crippen molar-refractivity contribution in [1.82, 2.24) is 5.32 Å². The molecule has 0 radical (unpaired) electrons. The Morgan fingerprint density at radius 1 is 1.44 bits per heavy atom. The molecule has 0 heterocycles. The predicted molar refractivity (Wildman–Crippen MR) is 73.1 cm³/mol. The van der Waals surface area contributed by atoms with Gasteiger partial charge in [-0.3, -0.25) is 4.79 Å². The van der Waals surface area contributed by atoms with Gasteiger partial charge in [0.1, 0.15) is 0 Å². The van der Waals surface area contributed by atoms with Crippen LogP contribution in [0.25, 0.3) is 0 Å². The van der Waals surface area contributed by atoms with Crippen LogP contribution in [-0.2, 0) is 16.8 Å². The molecule has 1 aromatic rings. The lowest BCUT2D eigenvalue weighted by Gasteiger charge is -2.18. The fraction of sp³-hybridized carbons (Fsp3) is 0.533. The molecular weight excluding hydrogens is 224 g/mol. The van der Waals surface area contributed by atoms with E-state index in [9.17, 15) is 4.79 Å². The summed E-state index contributed by atoms with van der Waals surface area (Å²) >= 11 is 0. The van der Waals surface area contributed by atoms with Crippen molar-refractivity contribution in [3.05, 3.63) is 35.4 Å². The number of carbonyl (C=O) groups is 1. The van der Waals surface area contributed by atoms with Gasteiger partial charge in [-0.05, 0) is 37.3 Å². The number of rotatable bonds is 5. The van der Waals surface area contributed by atoms with Crippen molar-refractivity contribution in [2.75, 3.05) is 6.54 Å². The first-order valence-corrected chi connectivity index (χ1v) is 6.72. The van der Waals surface area contributed by atoms with Gasteiger partial charge < -0.3 is 11.1 Å². The largest absolute Gasteiger partial charge is 0.356 e. The highest BCUT2D eigenvalue weighted by Gasteiger charge is 2.41. The second-order valence-electron chi connectivity index (χ2n) is 5.31. The van der Waals surface area contributed by atoms with Gasteiger partial charge in [0.25, 0.3) is 0 Å². The third kappa shape index (κ3) is 2.72. The molecule has 0 saturated heterocycles. The summed E-state index contributed by atoms with van der Waals surface area (Å²) in [5, 5.41) is 2.87. The maximum Gasteiger partial charge on any atom is 0.223 e. The summed E-state index contributed by atoms with van der Waals surface area (Å²) in [5.74, 6) is 0.114. The molecule has 98 valence electrons. The van der Waals surface area contributed by atoms with Crippen molar-refractivity contribution in [1.29, 1.82) is 0 Å². The van der Waals surface area contributed by atoms with Crippen LogP contribution >= 0.6 is 0 Å². The first-order valence-electron chi connectivity index (χ1n) is 6.72. The van der Waals surface area contributed by atoms with Crippen LogP contribution in [0.3, 0.4) is 0 Å². The monoisotopic (exact) mass is 246 g/mol. The smallest absolute Gasteiger partial charge is 0.223 e. The molecule has 1 saturated carbocycles. The molecule has 1 aliphatic carbocycles. The summed E-state index contributed by atoms with van der Waals surface area (Å²) in [4.78, 5) is 11.8. The van der Waals surface area contributed by atoms with Crippen molar-refractivity contribution in [3.8, 4) is 0 Å². The number of benzene rings is 1. The molecule has 1 aliphatic rings. The maximum atomic E-state index is 11.8. The lowest BCUT2D eigenvalue weighted by Crippen LogP contribution is -2.30. The molecule has 3 nitrogen and oxygen atoms in total. The molecular formula is C15H22N2O. The Morgan fingerprint density at radius 2 is 2.11 bits per heavy atom. The predicted octanol–water partition coefficient (Wildman–Crippen LogP) is 1.95. The van der Waals surface area contributed by atoms with E-state index in [0.717, 1.165) is 19.3 Å². The summed E-state index contributed by atoms with van der Waals surface area (Å²) in [6.07, 6.45) is 2.88. The van der Waals surface area contributed by atoms with Gasteiger partial charge in [-0.2, -0.15) is 0 Å². The van der Waals surface area contributed by atoms with Gasteiger partial charge in [-0.15, -0.1) is 0 Å². The quantitative estimate of drug-likeness (QED) is 0.834. The number of nitrogens with one attached hydrogen (secondary N) is 1. The van der Waals surface area contributed by atoms with E-state index in [1.165, 1.54) is 11.1 Å². The van der Waals surface area contributed by atoms with E-state index in [1.807, 2.05) is 26.0 Å². The molecule has 0 aromatic heterocycles. The zero-order valence-electron chi connectivity index (χ0n) is 11.2. The molecule has 0 bridgehead atoms. The Kier molecular flexibility index (Phi) is 3.71. The highest BCUT2D eigenvalue weighted by atomic mass is 16.1. The summed E-state index contributed by atoms with van der Waals surface area (Å²) in [5.41, 5.74) is 8.59. The minimum Gasteiger partial charge on any atom is -0.356 e. The second-order valence-corrected chi connectivity index (χ2v) is 5.31. The number of nitrogens with two attached hydrogens (primary N) is 1. The highest BCUT2D eigenvalue weighted by molar-refractivity contribution is 5.78. The molecule has 18 heavy (non-hydrogen) atoms. The van der Waals surface area contributed by atoms with Crippen molar-refractivity contribution >= 4 is 5.91 Å². The zero-order valence-corrected chi connectivity index (χ0v) is 11.2. The van der Waals surface area contributed by atoms with Crippen LogP contribution in [-0.4, -0.2) is 12.5 Å². The molecule has 1 aromatic carbocycles. The lowest BCUT2D eigenvalue weighted by molar-refractivity contribution is -0.124. The van der Waals surface area contributed by atoms with E-state index in [-0.39, 0.29) is 17.4 Å². The van der Waals surface area contributed by atoms with Crippen molar-refractivity contribution in [3.63, 3.8) is 0 Å². The Balaban J connectivity index is 2.12. The highest BCUT2D eigenvalue weighted by Crippen LogP contribution is 2.44. The minimum absolute atomic E-state index is 0.00606. The Labute approximate surface area is 109 Å². The third-order valence-corrected chi connectivity index (χ3v) is 3.67. The Hall–Kier alpha value is -1.35. The van der Waals surface area contributed by atoms with Crippen LogP contribution in [0.1, 0.15) is 37.8 Å². The molecule has 3 heteroatoms. The first-order chi connectivity index (χ1) is 8.57. The topological polar surface area (TPSA) is 55.1 Å². The van der Waals surface area contributed by atoms with Crippen LogP contribution in [0.2, 0.25) is 0 Å². The van der Waals surface area contributed by atoms with Crippen LogP contribution in [0.15, 0.2) is 24.3 Å². The molecule has 1 amide bonds. The van der Waals surface area contributed by atoms with E-state index >= 15 is 0 Å². The summed E-state index contributed by atoms with van der Waals surface area (Å²) in [7, 11) is 0. The molecule has 1 fully saturated rings. The summed E-state index contributed by atoms with van der Waals surface area (Å²) < 4.78 is 0. The number of hydrogen-bond acceptors (Lipinski definition) is 2. The first kappa shape index (κ1) is 13.1. The van der Waals surface area contributed by atoms with Gasteiger partial charge in [-0.1, -0.05) is 31.2 Å². The summed E-state index contributed by atoms with van der Waals surface area (Å²) in [6.45, 7) is 4.60. The van der Waals surface area contributed by atoms with Gasteiger partial charge in [0.2, 0.25) is 5.91 Å². The Morgan fingerprint density at radius 3 is 2.72 bits per heavy atom. The van der Waals surface area contributed by atoms with Crippen molar-refractivity contribution in [2.45, 2.75) is 38.6 Å². The van der Waals surface area contributed by atoms with E-state index in [4.69, 9.17) is 5.73 Å². The number of hydrogen-bond donors (Lipinski definition) is 2. The fourth-order valence-corrected chi connectivity index (χ4v) is 2.36. The van der Waals surface area contributed by atoms with Crippen molar-refractivity contribution in [2.24, 2.45) is 11.7 Å². The molecule has 0 spiro atoms. The van der Waals surface area contributed by atoms with Crippen LogP contribution in [0.4, 0.5) is 0 Å². The van der Waals surface area contributed by atoms with Crippen LogP contribution in [0, 0.1) is 5.92 Å². The van der Waals surface area contributed by atoms with Gasteiger partial charge in [-0.25, -0.2) is 0 Å². The SMILES string of the molecule is CCNC(=O)C(C)Cc1ccccc1C1(N)CC1. The van der Waals surface area contributed by atoms with E-state index < -0.39 is 0 Å². The van der Waals surface area contributed by atoms with Gasteiger partial charge in [0, 0.05) is 18.0 Å². The summed E-state index contributed by atoms with van der Waals surface area (Å²) in [6, 6.07) is 8.25. The van der Waals surface area contributed by atoms with E-state index in [0.29, 0.717) is 6.54 Å². The second kappa shape index (κ2) is 5.11. The standard InChI is InChI=1S/C15H22N2O/c1-3-17-14(18)11(2)10-12-6-4-5-7-13(12)15(16)8-9-15/h4-7,11H,3,8-10,16H2,1-2H3,(H,17,18). The average Bonchev–Trinajstić information content (AvgIpc) is 3.09. The van der Waals surface area contributed by atoms with E-state index in [2.05, 4.69) is 17.4 Å². The van der Waals surface area contributed by atoms with Gasteiger partial charge in [0.05, 0.1) is 0 Å². The normalized spacial score (nSPS) is 18.2. The fourth-order valence-electron chi connectivity index (χ4n) is 2.36. The number of carbonyl (C=O) groups excluding carboxylic acids is 1. The van der Waals surface area contributed by atoms with Crippen LogP contribution in [0.5, 0.6) is 0 Å². The zero-order chi connectivity index (χ0) is 13.2. The third-order valence-electron chi connectivity index (χ3n) is 3.67. The maximum absolute atomic E-state index is 11.8.